The van der Waals surface area contributed by atoms with Gasteiger partial charge in [-0.15, -0.1) is 0 Å². The molecule has 7 heteroatoms. The molecule has 1 saturated heterocycles. The number of aryl methyl sites for hydroxylation is 1. The molecular formula is C18H16N2O4S. The van der Waals surface area contributed by atoms with E-state index in [1.807, 2.05) is 31.2 Å². The van der Waals surface area contributed by atoms with E-state index in [0.717, 1.165) is 27.8 Å². The largest absolute Gasteiger partial charge is 0.459 e. The van der Waals surface area contributed by atoms with Gasteiger partial charge in [0.15, 0.2) is 5.76 Å². The van der Waals surface area contributed by atoms with Crippen LogP contribution in [0.1, 0.15) is 21.7 Å². The summed E-state index contributed by atoms with van der Waals surface area (Å²) in [6.45, 7) is 2.26. The lowest BCUT2D eigenvalue weighted by molar-refractivity contribution is -0.122. The molecule has 3 rings (SSSR count). The molecule has 25 heavy (non-hydrogen) atoms. The van der Waals surface area contributed by atoms with Gasteiger partial charge in [-0.1, -0.05) is 29.8 Å². The van der Waals surface area contributed by atoms with Crippen molar-refractivity contribution in [1.82, 2.24) is 10.2 Å². The molecule has 2 aromatic rings. The summed E-state index contributed by atoms with van der Waals surface area (Å²) in [6.07, 6.45) is 3.10. The standard InChI is InChI=1S/C18H16N2O4S/c1-12-4-6-13(7-5-12)11-15-17(22)20(18(23)25-15)9-8-19-16(21)14-3-2-10-24-14/h2-7,10-11H,8-9H2,1H3,(H,19,21)/b15-11-. The van der Waals surface area contributed by atoms with Gasteiger partial charge in [-0.2, -0.15) is 0 Å². The first-order chi connectivity index (χ1) is 12.0. The van der Waals surface area contributed by atoms with E-state index in [0.29, 0.717) is 4.91 Å². The van der Waals surface area contributed by atoms with Crippen LogP contribution in [0.3, 0.4) is 0 Å². The van der Waals surface area contributed by atoms with E-state index in [1.165, 1.54) is 6.26 Å². The number of carbonyl (C=O) groups is 3. The Hall–Kier alpha value is -2.80. The Bertz CT molecular complexity index is 825. The summed E-state index contributed by atoms with van der Waals surface area (Å²) in [4.78, 5) is 37.7. The van der Waals surface area contributed by atoms with E-state index in [9.17, 15) is 14.4 Å². The van der Waals surface area contributed by atoms with Gasteiger partial charge in [-0.25, -0.2) is 0 Å². The highest BCUT2D eigenvalue weighted by Crippen LogP contribution is 2.31. The van der Waals surface area contributed by atoms with E-state index in [2.05, 4.69) is 5.32 Å². The number of carbonyl (C=O) groups excluding carboxylic acids is 3. The summed E-state index contributed by atoms with van der Waals surface area (Å²) in [6, 6.07) is 10.8. The van der Waals surface area contributed by atoms with Crippen molar-refractivity contribution < 1.29 is 18.8 Å². The Morgan fingerprint density at radius 3 is 2.68 bits per heavy atom. The van der Waals surface area contributed by atoms with Gasteiger partial charge in [0.25, 0.3) is 17.1 Å². The monoisotopic (exact) mass is 356 g/mol. The number of hydrogen-bond acceptors (Lipinski definition) is 5. The summed E-state index contributed by atoms with van der Waals surface area (Å²) in [5, 5.41) is 2.28. The Labute approximate surface area is 148 Å². The van der Waals surface area contributed by atoms with Gasteiger partial charge in [0.05, 0.1) is 11.2 Å². The number of amides is 3. The molecule has 1 aliphatic rings. The third-order valence-corrected chi connectivity index (χ3v) is 4.52. The molecule has 0 unspecified atom stereocenters. The van der Waals surface area contributed by atoms with Gasteiger partial charge >= 0.3 is 0 Å². The molecule has 0 spiro atoms. The highest BCUT2D eigenvalue weighted by atomic mass is 32.2. The highest BCUT2D eigenvalue weighted by Gasteiger charge is 2.34. The van der Waals surface area contributed by atoms with Gasteiger partial charge in [0.2, 0.25) is 0 Å². The molecule has 6 nitrogen and oxygen atoms in total. The SMILES string of the molecule is Cc1ccc(/C=C2\SC(=O)N(CCNC(=O)c3ccco3)C2=O)cc1. The van der Waals surface area contributed by atoms with Crippen molar-refractivity contribution in [2.24, 2.45) is 0 Å². The average molecular weight is 356 g/mol. The summed E-state index contributed by atoms with van der Waals surface area (Å²) < 4.78 is 4.98. The fourth-order valence-corrected chi connectivity index (χ4v) is 3.15. The van der Waals surface area contributed by atoms with Crippen LogP contribution in [0.25, 0.3) is 6.08 Å². The molecule has 0 radical (unpaired) electrons. The van der Waals surface area contributed by atoms with Crippen molar-refractivity contribution in [2.45, 2.75) is 6.92 Å². The lowest BCUT2D eigenvalue weighted by Gasteiger charge is -2.12. The smallest absolute Gasteiger partial charge is 0.293 e. The van der Waals surface area contributed by atoms with Crippen LogP contribution in [0.4, 0.5) is 4.79 Å². The van der Waals surface area contributed by atoms with Crippen molar-refractivity contribution >= 4 is 34.9 Å². The van der Waals surface area contributed by atoms with Crippen LogP contribution in [0.2, 0.25) is 0 Å². The van der Waals surface area contributed by atoms with Crippen LogP contribution in [0.5, 0.6) is 0 Å². The molecular weight excluding hydrogens is 340 g/mol. The zero-order chi connectivity index (χ0) is 17.8. The number of furan rings is 1. The molecule has 3 amide bonds. The van der Waals surface area contributed by atoms with Crippen molar-refractivity contribution in [3.63, 3.8) is 0 Å². The average Bonchev–Trinajstić information content (AvgIpc) is 3.21. The van der Waals surface area contributed by atoms with Gasteiger partial charge in [-0.05, 0) is 42.5 Å². The minimum atomic E-state index is -0.382. The fraction of sp³-hybridized carbons (Fsp3) is 0.167. The first-order valence-corrected chi connectivity index (χ1v) is 8.50. The van der Waals surface area contributed by atoms with Crippen LogP contribution in [0.15, 0.2) is 52.0 Å². The van der Waals surface area contributed by atoms with Gasteiger partial charge in [0, 0.05) is 13.1 Å². The number of rotatable bonds is 5. The molecule has 0 saturated carbocycles. The molecule has 0 bridgehead atoms. The van der Waals surface area contributed by atoms with Crippen LogP contribution >= 0.6 is 11.8 Å². The van der Waals surface area contributed by atoms with Crippen molar-refractivity contribution in [3.8, 4) is 0 Å². The predicted molar refractivity (Wildman–Crippen MR) is 94.9 cm³/mol. The van der Waals surface area contributed by atoms with Crippen LogP contribution < -0.4 is 5.32 Å². The van der Waals surface area contributed by atoms with Crippen molar-refractivity contribution in [3.05, 3.63) is 64.5 Å². The minimum Gasteiger partial charge on any atom is -0.459 e. The Morgan fingerprint density at radius 2 is 2.00 bits per heavy atom. The minimum absolute atomic E-state index is 0.113. The first kappa shape index (κ1) is 17.0. The lowest BCUT2D eigenvalue weighted by atomic mass is 10.1. The Kier molecular flexibility index (Phi) is 5.04. The van der Waals surface area contributed by atoms with E-state index < -0.39 is 0 Å². The summed E-state index contributed by atoms with van der Waals surface area (Å²) >= 11 is 0.905. The van der Waals surface area contributed by atoms with E-state index >= 15 is 0 Å². The lowest BCUT2D eigenvalue weighted by Crippen LogP contribution is -2.37. The summed E-state index contributed by atoms with van der Waals surface area (Å²) in [5.74, 6) is -0.539. The second-order valence-electron chi connectivity index (χ2n) is 5.48. The topological polar surface area (TPSA) is 79.6 Å². The molecule has 0 aliphatic carbocycles. The van der Waals surface area contributed by atoms with Crippen LogP contribution in [0, 0.1) is 6.92 Å². The molecule has 1 aliphatic heterocycles. The summed E-state index contributed by atoms with van der Waals surface area (Å²) in [7, 11) is 0. The van der Waals surface area contributed by atoms with Gasteiger partial charge in [0.1, 0.15) is 0 Å². The Balaban J connectivity index is 1.59. The number of thioether (sulfide) groups is 1. The molecule has 1 fully saturated rings. The Morgan fingerprint density at radius 1 is 1.24 bits per heavy atom. The maximum atomic E-state index is 12.4. The maximum Gasteiger partial charge on any atom is 0.293 e. The van der Waals surface area contributed by atoms with Gasteiger partial charge < -0.3 is 9.73 Å². The van der Waals surface area contributed by atoms with Crippen LogP contribution in [-0.2, 0) is 4.79 Å². The predicted octanol–water partition coefficient (Wildman–Crippen LogP) is 3.05. The van der Waals surface area contributed by atoms with Gasteiger partial charge in [-0.3, -0.25) is 19.3 Å². The number of hydrogen-bond donors (Lipinski definition) is 1. The molecule has 1 aromatic carbocycles. The zero-order valence-corrected chi connectivity index (χ0v) is 14.3. The molecule has 0 atom stereocenters. The fourth-order valence-electron chi connectivity index (χ4n) is 2.28. The van der Waals surface area contributed by atoms with E-state index in [4.69, 9.17) is 4.42 Å². The third kappa shape index (κ3) is 4.00. The number of imide groups is 1. The number of nitrogens with one attached hydrogen (secondary N) is 1. The first-order valence-electron chi connectivity index (χ1n) is 7.68. The summed E-state index contributed by atoms with van der Waals surface area (Å²) in [5.41, 5.74) is 1.99. The van der Waals surface area contributed by atoms with E-state index in [-0.39, 0.29) is 35.9 Å². The van der Waals surface area contributed by atoms with Crippen LogP contribution in [-0.4, -0.2) is 35.0 Å². The van der Waals surface area contributed by atoms with Crippen molar-refractivity contribution in [2.75, 3.05) is 13.1 Å². The third-order valence-electron chi connectivity index (χ3n) is 3.61. The molecule has 1 aromatic heterocycles. The second kappa shape index (κ2) is 7.40. The normalized spacial score (nSPS) is 15.9. The second-order valence-corrected chi connectivity index (χ2v) is 6.47. The number of benzene rings is 1. The quantitative estimate of drug-likeness (QED) is 0.833. The van der Waals surface area contributed by atoms with Crippen molar-refractivity contribution in [1.29, 1.82) is 0 Å². The highest BCUT2D eigenvalue weighted by molar-refractivity contribution is 8.18. The maximum absolute atomic E-state index is 12.4. The molecule has 1 N–H and O–H groups in total. The zero-order valence-electron chi connectivity index (χ0n) is 13.5. The molecule has 128 valence electrons. The number of nitrogens with zero attached hydrogens (tertiary/aromatic N) is 1. The van der Waals surface area contributed by atoms with E-state index in [1.54, 1.807) is 18.2 Å². The molecule has 2 heterocycles.